The van der Waals surface area contributed by atoms with Crippen molar-refractivity contribution < 1.29 is 13.9 Å². The van der Waals surface area contributed by atoms with Crippen molar-refractivity contribution in [3.8, 4) is 5.75 Å². The van der Waals surface area contributed by atoms with Gasteiger partial charge >= 0.3 is 0 Å². The third-order valence-electron chi connectivity index (χ3n) is 3.68. The summed E-state index contributed by atoms with van der Waals surface area (Å²) in [6.07, 6.45) is 1.35. The molecule has 1 atom stereocenters. The van der Waals surface area contributed by atoms with Gasteiger partial charge in [-0.25, -0.2) is 4.39 Å². The molecule has 1 fully saturated rings. The average molecular weight is 371 g/mol. The van der Waals surface area contributed by atoms with E-state index in [9.17, 15) is 9.18 Å². The number of halogens is 2. The van der Waals surface area contributed by atoms with Gasteiger partial charge in [0.2, 0.25) is 0 Å². The minimum Gasteiger partial charge on any atom is -0.479 e. The topological polar surface area (TPSA) is 71.9 Å². The minimum atomic E-state index is -0.788. The Bertz CT molecular complexity index is 818. The molecule has 2 aromatic rings. The average Bonchev–Trinajstić information content (AvgIpc) is 3.30. The van der Waals surface area contributed by atoms with E-state index in [2.05, 4.69) is 15.5 Å². The number of hydrogen-bond acceptors (Lipinski definition) is 4. The second kappa shape index (κ2) is 6.90. The lowest BCUT2D eigenvalue weighted by Crippen LogP contribution is -2.36. The Morgan fingerprint density at radius 1 is 1.62 bits per heavy atom. The highest BCUT2D eigenvalue weighted by molar-refractivity contribution is 7.71. The molecule has 24 heavy (non-hydrogen) atoms. The maximum absolute atomic E-state index is 13.0. The molecule has 0 radical (unpaired) electrons. The number of benzene rings is 1. The molecule has 1 aromatic heterocycles. The number of nitrogens with zero attached hydrogens (tertiary/aromatic N) is 2. The minimum absolute atomic E-state index is 0.115. The number of carbonyl (C=O) groups excluding carboxylic acids is 1. The smallest absolute Gasteiger partial charge is 0.261 e. The maximum Gasteiger partial charge on any atom is 0.261 e. The van der Waals surface area contributed by atoms with Crippen molar-refractivity contribution in [2.75, 3.05) is 0 Å². The maximum atomic E-state index is 13.0. The number of nitrogens with one attached hydrogen (secondary N) is 2. The summed E-state index contributed by atoms with van der Waals surface area (Å²) in [6, 6.07) is 4.11. The summed E-state index contributed by atoms with van der Waals surface area (Å²) in [4.78, 5) is 12.2. The molecule has 1 aromatic carbocycles. The molecule has 0 spiro atoms. The summed E-state index contributed by atoms with van der Waals surface area (Å²) >= 11 is 11.1. The van der Waals surface area contributed by atoms with Gasteiger partial charge in [0.25, 0.3) is 5.91 Å². The zero-order chi connectivity index (χ0) is 17.3. The lowest BCUT2D eigenvalue weighted by molar-refractivity contribution is -0.127. The first-order valence-corrected chi connectivity index (χ1v) is 8.29. The molecule has 1 heterocycles. The Kier molecular flexibility index (Phi) is 4.86. The molecule has 6 nitrogen and oxygen atoms in total. The SMILES string of the molecule is C[C@H](Oc1ccc(F)cc1Cl)C(=O)NCc1n[nH]c(=S)n1C1CC1. The third-order valence-corrected chi connectivity index (χ3v) is 4.26. The van der Waals surface area contributed by atoms with Gasteiger partial charge in [0.05, 0.1) is 11.6 Å². The van der Waals surface area contributed by atoms with Gasteiger partial charge in [-0.1, -0.05) is 11.6 Å². The number of amides is 1. The zero-order valence-corrected chi connectivity index (χ0v) is 14.5. The van der Waals surface area contributed by atoms with Gasteiger partial charge in [0.1, 0.15) is 11.6 Å². The van der Waals surface area contributed by atoms with Gasteiger partial charge in [-0.3, -0.25) is 14.5 Å². The summed E-state index contributed by atoms with van der Waals surface area (Å²) in [5.74, 6) is 0.142. The molecule has 9 heteroatoms. The molecule has 0 unspecified atom stereocenters. The predicted molar refractivity (Wildman–Crippen MR) is 89.0 cm³/mol. The Hall–Kier alpha value is -1.93. The standard InChI is InChI=1S/C15H16ClFN4O2S/c1-8(23-12-5-2-9(17)6-11(12)16)14(22)18-7-13-19-20-15(24)21(13)10-3-4-10/h2,5-6,8,10H,3-4,7H2,1H3,(H,18,22)(H,20,24)/t8-/m0/s1. The fraction of sp³-hybridized carbons (Fsp3) is 0.400. The summed E-state index contributed by atoms with van der Waals surface area (Å²) in [5, 5.41) is 9.76. The second-order valence-electron chi connectivity index (χ2n) is 5.60. The van der Waals surface area contributed by atoms with Crippen LogP contribution in [0.2, 0.25) is 5.02 Å². The number of hydrogen-bond donors (Lipinski definition) is 2. The Morgan fingerprint density at radius 3 is 3.04 bits per heavy atom. The van der Waals surface area contributed by atoms with E-state index in [1.54, 1.807) is 6.92 Å². The number of H-pyrrole nitrogens is 1. The van der Waals surface area contributed by atoms with Crippen molar-refractivity contribution in [3.05, 3.63) is 39.6 Å². The molecule has 3 rings (SSSR count). The van der Waals surface area contributed by atoms with Crippen LogP contribution in [0.1, 0.15) is 31.6 Å². The first-order chi connectivity index (χ1) is 11.5. The molecule has 1 saturated carbocycles. The molecule has 0 saturated heterocycles. The molecule has 1 amide bonds. The van der Waals surface area contributed by atoms with Gasteiger partial charge in [0.15, 0.2) is 16.7 Å². The summed E-state index contributed by atoms with van der Waals surface area (Å²) in [7, 11) is 0. The lowest BCUT2D eigenvalue weighted by atomic mass is 10.3. The van der Waals surface area contributed by atoms with E-state index < -0.39 is 11.9 Å². The van der Waals surface area contributed by atoms with Crippen LogP contribution in [-0.2, 0) is 11.3 Å². The lowest BCUT2D eigenvalue weighted by Gasteiger charge is -2.15. The van der Waals surface area contributed by atoms with Crippen LogP contribution < -0.4 is 10.1 Å². The third kappa shape index (κ3) is 3.76. The quantitative estimate of drug-likeness (QED) is 0.766. The van der Waals surface area contributed by atoms with Gasteiger partial charge in [0, 0.05) is 6.04 Å². The molecule has 0 bridgehead atoms. The van der Waals surface area contributed by atoms with E-state index in [-0.39, 0.29) is 23.2 Å². The van der Waals surface area contributed by atoms with E-state index in [1.807, 2.05) is 4.57 Å². The van der Waals surface area contributed by atoms with Crippen LogP contribution in [0.4, 0.5) is 4.39 Å². The van der Waals surface area contributed by atoms with E-state index >= 15 is 0 Å². The van der Waals surface area contributed by atoms with Crippen LogP contribution in [0.3, 0.4) is 0 Å². The highest BCUT2D eigenvalue weighted by atomic mass is 35.5. The highest BCUT2D eigenvalue weighted by Gasteiger charge is 2.27. The van der Waals surface area contributed by atoms with E-state index in [0.29, 0.717) is 16.6 Å². The van der Waals surface area contributed by atoms with Crippen molar-refractivity contribution >= 4 is 29.7 Å². The molecule has 0 aliphatic heterocycles. The number of aromatic nitrogens is 3. The van der Waals surface area contributed by atoms with Crippen molar-refractivity contribution in [2.24, 2.45) is 0 Å². The summed E-state index contributed by atoms with van der Waals surface area (Å²) in [6.45, 7) is 1.83. The fourth-order valence-corrected chi connectivity index (χ4v) is 2.81. The van der Waals surface area contributed by atoms with E-state index in [0.717, 1.165) is 18.9 Å². The number of rotatable bonds is 6. The zero-order valence-electron chi connectivity index (χ0n) is 12.9. The Morgan fingerprint density at radius 2 is 2.38 bits per heavy atom. The number of carbonyl (C=O) groups is 1. The van der Waals surface area contributed by atoms with Crippen molar-refractivity contribution in [2.45, 2.75) is 38.5 Å². The highest BCUT2D eigenvalue weighted by Crippen LogP contribution is 2.35. The number of aromatic amines is 1. The van der Waals surface area contributed by atoms with Gasteiger partial charge < -0.3 is 10.1 Å². The van der Waals surface area contributed by atoms with Crippen molar-refractivity contribution in [3.63, 3.8) is 0 Å². The van der Waals surface area contributed by atoms with Crippen LogP contribution in [0.25, 0.3) is 0 Å². The molecule has 1 aliphatic rings. The molecule has 128 valence electrons. The first-order valence-electron chi connectivity index (χ1n) is 7.51. The Labute approximate surface area is 148 Å². The number of ether oxygens (including phenoxy) is 1. The van der Waals surface area contributed by atoms with Crippen molar-refractivity contribution in [1.29, 1.82) is 0 Å². The van der Waals surface area contributed by atoms with Crippen LogP contribution in [0.15, 0.2) is 18.2 Å². The molecule has 2 N–H and O–H groups in total. The summed E-state index contributed by atoms with van der Waals surface area (Å²) < 4.78 is 21.0. The van der Waals surface area contributed by atoms with E-state index in [4.69, 9.17) is 28.6 Å². The largest absolute Gasteiger partial charge is 0.479 e. The van der Waals surface area contributed by atoms with Crippen LogP contribution in [0, 0.1) is 10.6 Å². The normalized spacial score (nSPS) is 15.1. The first kappa shape index (κ1) is 16.9. The Balaban J connectivity index is 1.59. The van der Waals surface area contributed by atoms with Gasteiger partial charge in [-0.2, -0.15) is 5.10 Å². The predicted octanol–water partition coefficient (Wildman–Crippen LogP) is 3.15. The fourth-order valence-electron chi connectivity index (χ4n) is 2.30. The van der Waals surface area contributed by atoms with Crippen LogP contribution in [-0.4, -0.2) is 26.8 Å². The molecular weight excluding hydrogens is 355 g/mol. The van der Waals surface area contributed by atoms with Crippen LogP contribution >= 0.6 is 23.8 Å². The summed E-state index contributed by atoms with van der Waals surface area (Å²) in [5.41, 5.74) is 0. The van der Waals surface area contributed by atoms with Gasteiger partial charge in [-0.05, 0) is 50.2 Å². The van der Waals surface area contributed by atoms with Crippen LogP contribution in [0.5, 0.6) is 5.75 Å². The molecule has 1 aliphatic carbocycles. The molecular formula is C15H16ClFN4O2S. The monoisotopic (exact) mass is 370 g/mol. The van der Waals surface area contributed by atoms with E-state index in [1.165, 1.54) is 12.1 Å². The van der Waals surface area contributed by atoms with Crippen molar-refractivity contribution in [1.82, 2.24) is 20.1 Å². The second-order valence-corrected chi connectivity index (χ2v) is 6.39. The van der Waals surface area contributed by atoms with Gasteiger partial charge in [-0.15, -0.1) is 0 Å².